The number of aromatic nitrogens is 6. The number of aliphatic hydroxyl groups excluding tert-OH is 2. The minimum Gasteiger partial charge on any atom is -0.394 e. The molecule has 0 aliphatic carbocycles. The zero-order valence-electron chi connectivity index (χ0n) is 24.6. The summed E-state index contributed by atoms with van der Waals surface area (Å²) in [7, 11) is -5.56. The predicted octanol–water partition coefficient (Wildman–Crippen LogP) is 2.23. The molecule has 4 N–H and O–H groups in total. The SMILES string of the molecule is O=[PH](S)O[C@@H]1C(CO)O[C@@H](n2cnc3c(NC/C=C/CNc4ncnc5c4N=C[C@@H]5C4OC(CO)[C@@H](O[PH](=O)S)[C@H]4F)ncnc32)[C@@H]1F. The van der Waals surface area contributed by atoms with E-state index in [0.717, 1.165) is 0 Å². The molecule has 48 heavy (non-hydrogen) atoms. The van der Waals surface area contributed by atoms with Gasteiger partial charge in [-0.05, 0) is 0 Å². The van der Waals surface area contributed by atoms with E-state index >= 15 is 8.78 Å². The number of hydrogen-bond acceptors (Lipinski definition) is 16. The van der Waals surface area contributed by atoms with Crippen molar-refractivity contribution in [2.24, 2.45) is 4.99 Å². The molecule has 3 aliphatic rings. The number of alkyl halides is 2. The van der Waals surface area contributed by atoms with Crippen molar-refractivity contribution in [1.82, 2.24) is 29.5 Å². The van der Waals surface area contributed by atoms with Crippen molar-refractivity contribution in [3.63, 3.8) is 0 Å². The molecule has 6 heterocycles. The molecule has 0 spiro atoms. The highest BCUT2D eigenvalue weighted by Gasteiger charge is 2.51. The summed E-state index contributed by atoms with van der Waals surface area (Å²) in [6.45, 7) is -0.400. The largest absolute Gasteiger partial charge is 0.394 e. The maximum absolute atomic E-state index is 15.3. The van der Waals surface area contributed by atoms with E-state index in [4.69, 9.17) is 18.5 Å². The molecule has 17 nitrogen and oxygen atoms in total. The molecule has 0 saturated carbocycles. The molecule has 2 fully saturated rings. The maximum Gasteiger partial charge on any atom is 0.243 e. The fourth-order valence-electron chi connectivity index (χ4n) is 5.76. The van der Waals surface area contributed by atoms with Crippen LogP contribution >= 0.6 is 39.0 Å². The van der Waals surface area contributed by atoms with E-state index in [0.29, 0.717) is 41.6 Å². The lowest BCUT2D eigenvalue weighted by Gasteiger charge is -2.19. The van der Waals surface area contributed by atoms with Crippen LogP contribution < -0.4 is 10.6 Å². The quantitative estimate of drug-likeness (QED) is 0.0792. The summed E-state index contributed by atoms with van der Waals surface area (Å²) in [4.78, 5) is 25.7. The zero-order chi connectivity index (χ0) is 33.9. The molecule has 3 aliphatic heterocycles. The van der Waals surface area contributed by atoms with Crippen LogP contribution in [0.2, 0.25) is 0 Å². The van der Waals surface area contributed by atoms with Gasteiger partial charge in [0.05, 0.1) is 31.2 Å². The highest BCUT2D eigenvalue weighted by Crippen LogP contribution is 2.45. The second kappa shape index (κ2) is 15.5. The van der Waals surface area contributed by atoms with Crippen LogP contribution in [0.5, 0.6) is 0 Å². The van der Waals surface area contributed by atoms with E-state index in [2.05, 4.69) is 65.0 Å². The van der Waals surface area contributed by atoms with Crippen molar-refractivity contribution in [2.75, 3.05) is 36.9 Å². The van der Waals surface area contributed by atoms with Gasteiger partial charge >= 0.3 is 0 Å². The van der Waals surface area contributed by atoms with Gasteiger partial charge in [-0.2, -0.15) is 0 Å². The Kier molecular flexibility index (Phi) is 11.4. The number of ether oxygens (including phenoxy) is 2. The first-order valence-corrected chi connectivity index (χ1v) is 19.7. The fourth-order valence-corrected chi connectivity index (χ4v) is 7.52. The number of thiol groups is 2. The van der Waals surface area contributed by atoms with Crippen molar-refractivity contribution in [3.05, 3.63) is 36.8 Å². The third-order valence-corrected chi connectivity index (χ3v) is 9.47. The molecule has 5 unspecified atom stereocenters. The van der Waals surface area contributed by atoms with E-state index in [1.54, 1.807) is 0 Å². The molecule has 0 radical (unpaired) electrons. The molecular formula is C25H31F2N9O8P2S2. The van der Waals surface area contributed by atoms with E-state index in [9.17, 15) is 19.3 Å². The highest BCUT2D eigenvalue weighted by molar-refractivity contribution is 8.39. The molecular weight excluding hydrogens is 718 g/mol. The molecule has 3 aromatic rings. The molecule has 0 amide bonds. The Labute approximate surface area is 283 Å². The summed E-state index contributed by atoms with van der Waals surface area (Å²) in [5.41, 5.74) is 1.47. The van der Waals surface area contributed by atoms with Gasteiger partial charge in [-0.25, -0.2) is 33.7 Å². The van der Waals surface area contributed by atoms with E-state index in [1.165, 1.54) is 29.8 Å². The average Bonchev–Trinajstić information content (AvgIpc) is 3.83. The summed E-state index contributed by atoms with van der Waals surface area (Å²) in [6.07, 6.45) is -1.28. The van der Waals surface area contributed by atoms with E-state index < -0.39 is 82.7 Å². The Morgan fingerprint density at radius 3 is 2.21 bits per heavy atom. The number of anilines is 2. The van der Waals surface area contributed by atoms with Crippen LogP contribution in [-0.2, 0) is 27.7 Å². The number of rotatable bonds is 14. The number of halogens is 2. The van der Waals surface area contributed by atoms with Gasteiger partial charge in [-0.15, -0.1) is 0 Å². The first-order valence-electron chi connectivity index (χ1n) is 14.5. The van der Waals surface area contributed by atoms with Gasteiger partial charge in [-0.1, -0.05) is 36.6 Å². The highest BCUT2D eigenvalue weighted by atomic mass is 32.7. The normalized spacial score (nSPS) is 31.1. The summed E-state index contributed by atoms with van der Waals surface area (Å²) < 4.78 is 76.4. The molecule has 0 aromatic carbocycles. The van der Waals surface area contributed by atoms with E-state index in [-0.39, 0.29) is 5.65 Å². The second-order valence-electron chi connectivity index (χ2n) is 10.7. The molecule has 0 bridgehead atoms. The maximum atomic E-state index is 15.3. The van der Waals surface area contributed by atoms with Gasteiger partial charge in [0, 0.05) is 19.3 Å². The Balaban J connectivity index is 1.05. The van der Waals surface area contributed by atoms with Gasteiger partial charge in [0.15, 0.2) is 41.4 Å². The standard InChI is InChI=1S/C25H31F2N9O8P2S2/c26-14-19(41-12(6-37)20(14)43-45(39)47)11-5-30-17-16(11)31-8-32-22(17)28-3-1-2-4-29-23-18-24(34-9-33-23)36(10-35-18)25-15(27)21(44-46(40)48)13(7-38)42-25/h1-2,5,8-15,19-21,25,37-38,45-46H,3-4,6-7H2,(H,39,47)(H,40,48)(H,28,31,32)(H,29,33,34)/b2-1+/t11-,12?,13?,14-,15+,19?,20+,21+,25+/m0/s1. The lowest BCUT2D eigenvalue weighted by Crippen LogP contribution is -2.33. The summed E-state index contributed by atoms with van der Waals surface area (Å²) in [5, 5.41) is 25.5. The molecule has 11 atom stereocenters. The molecule has 3 aromatic heterocycles. The lowest BCUT2D eigenvalue weighted by atomic mass is 9.95. The minimum atomic E-state index is -2.79. The van der Waals surface area contributed by atoms with Crippen LogP contribution in [0.1, 0.15) is 17.8 Å². The van der Waals surface area contributed by atoms with Crippen LogP contribution in [0.25, 0.3) is 11.2 Å². The number of fused-ring (bicyclic) bond motifs is 2. The third kappa shape index (κ3) is 7.17. The molecule has 6 rings (SSSR count). The van der Waals surface area contributed by atoms with Crippen LogP contribution in [-0.4, -0.2) is 115 Å². The minimum absolute atomic E-state index is 0.271. The Bertz CT molecular complexity index is 1730. The Morgan fingerprint density at radius 1 is 0.896 bits per heavy atom. The summed E-state index contributed by atoms with van der Waals surface area (Å²) in [6, 6.07) is 0. The number of aliphatic hydroxyl groups is 2. The van der Waals surface area contributed by atoms with Crippen molar-refractivity contribution < 1.29 is 46.6 Å². The monoisotopic (exact) mass is 749 g/mol. The smallest absolute Gasteiger partial charge is 0.243 e. The number of aliphatic imine (C=N–C) groups is 1. The zero-order valence-corrected chi connectivity index (χ0v) is 28.4. The van der Waals surface area contributed by atoms with Crippen molar-refractivity contribution in [3.8, 4) is 0 Å². The summed E-state index contributed by atoms with van der Waals surface area (Å²) in [5.74, 6) is 0.111. The number of hydrogen-bond donors (Lipinski definition) is 6. The fraction of sp³-hybridized carbons (Fsp3) is 0.520. The van der Waals surface area contributed by atoms with Gasteiger partial charge in [0.1, 0.15) is 48.9 Å². The van der Waals surface area contributed by atoms with Crippen LogP contribution in [0.3, 0.4) is 0 Å². The number of nitrogens with zero attached hydrogens (tertiary/aromatic N) is 7. The van der Waals surface area contributed by atoms with Crippen molar-refractivity contribution in [2.45, 2.75) is 55.0 Å². The predicted molar refractivity (Wildman–Crippen MR) is 177 cm³/mol. The molecule has 23 heteroatoms. The first kappa shape index (κ1) is 35.3. The van der Waals surface area contributed by atoms with Gasteiger partial charge in [-0.3, -0.25) is 18.7 Å². The van der Waals surface area contributed by atoms with Crippen LogP contribution in [0.4, 0.5) is 26.1 Å². The number of imidazole rings is 1. The van der Waals surface area contributed by atoms with E-state index in [1.807, 2.05) is 12.2 Å². The Hall–Kier alpha value is -2.58. The summed E-state index contributed by atoms with van der Waals surface area (Å²) >= 11 is 7.44. The van der Waals surface area contributed by atoms with Gasteiger partial charge in [0.2, 0.25) is 14.5 Å². The van der Waals surface area contributed by atoms with Crippen molar-refractivity contribution in [1.29, 1.82) is 0 Å². The lowest BCUT2D eigenvalue weighted by molar-refractivity contribution is -0.0427. The van der Waals surface area contributed by atoms with Crippen LogP contribution in [0, 0.1) is 0 Å². The Morgan fingerprint density at radius 2 is 1.52 bits per heavy atom. The molecule has 2 saturated heterocycles. The third-order valence-electron chi connectivity index (χ3n) is 7.89. The van der Waals surface area contributed by atoms with Crippen molar-refractivity contribution >= 4 is 73.7 Å². The topological polar surface area (TPSA) is 217 Å². The first-order chi connectivity index (χ1) is 23.2. The second-order valence-corrected chi connectivity index (χ2v) is 14.4. The average molecular weight is 750 g/mol. The van der Waals surface area contributed by atoms with Crippen LogP contribution in [0.15, 0.2) is 36.1 Å². The van der Waals surface area contributed by atoms with Gasteiger partial charge < -0.3 is 39.4 Å². The van der Waals surface area contributed by atoms with Gasteiger partial charge in [0.25, 0.3) is 0 Å². The molecule has 260 valence electrons. The number of nitrogens with one attached hydrogen (secondary N) is 2.